The number of pyridine rings is 1. The Morgan fingerprint density at radius 2 is 2.19 bits per heavy atom. The van der Waals surface area contributed by atoms with E-state index < -0.39 is 12.1 Å². The summed E-state index contributed by atoms with van der Waals surface area (Å²) in [7, 11) is 0. The second-order valence-corrected chi connectivity index (χ2v) is 6.76. The van der Waals surface area contributed by atoms with E-state index in [1.54, 1.807) is 12.3 Å². The molecule has 2 aliphatic rings. The fourth-order valence-electron chi connectivity index (χ4n) is 3.08. The minimum atomic E-state index is -1.03. The number of hydrogen-bond donors (Lipinski definition) is 3. The molecule has 5 nitrogen and oxygen atoms in total. The van der Waals surface area contributed by atoms with Crippen LogP contribution in [0, 0.1) is 5.92 Å². The zero-order valence-electron chi connectivity index (χ0n) is 14.3. The highest BCUT2D eigenvalue weighted by atomic mass is 19.1. The lowest BCUT2D eigenvalue weighted by molar-refractivity contribution is -0.117. The topological polar surface area (TPSA) is 80.0 Å². The number of allylic oxidation sites excluding steroid dienone is 3. The SMILES string of the molecule is C=C1C=C(c2cc(N)c3cnc(NC(=O)[C@@H]4C[C@@H]4F)cc3c2)C(C)=CN1. The smallest absolute Gasteiger partial charge is 0.231 e. The molecule has 6 heteroatoms. The van der Waals surface area contributed by atoms with Gasteiger partial charge in [0.15, 0.2) is 0 Å². The van der Waals surface area contributed by atoms with E-state index in [1.165, 1.54) is 0 Å². The molecule has 1 saturated carbocycles. The Kier molecular flexibility index (Phi) is 3.76. The van der Waals surface area contributed by atoms with Crippen molar-refractivity contribution in [2.45, 2.75) is 19.5 Å². The number of nitrogens with two attached hydrogens (primary N) is 1. The molecule has 2 aromatic rings. The molecule has 0 spiro atoms. The average Bonchev–Trinajstić information content (AvgIpc) is 3.33. The first-order valence-corrected chi connectivity index (χ1v) is 8.41. The third-order valence-electron chi connectivity index (χ3n) is 4.70. The van der Waals surface area contributed by atoms with E-state index in [-0.39, 0.29) is 12.3 Å². The summed E-state index contributed by atoms with van der Waals surface area (Å²) in [5.74, 6) is -0.485. The number of amides is 1. The van der Waals surface area contributed by atoms with Gasteiger partial charge in [0.05, 0.1) is 5.92 Å². The van der Waals surface area contributed by atoms with Crippen molar-refractivity contribution in [1.29, 1.82) is 0 Å². The Morgan fingerprint density at radius 1 is 1.42 bits per heavy atom. The standard InChI is InChI=1S/C20H19FN4O/c1-10-8-23-11(2)3-14(10)12-4-13-6-19(24-9-16(13)18(22)5-12)25-20(26)15-7-17(15)21/h3-6,8-9,15,17,23H,2,7,22H2,1H3,(H,24,25,26)/t15-,17+/m1/s1. The number of aromatic nitrogens is 1. The zero-order chi connectivity index (χ0) is 18.4. The van der Waals surface area contributed by atoms with Crippen LogP contribution in [0.15, 0.2) is 54.5 Å². The first kappa shape index (κ1) is 16.3. The van der Waals surface area contributed by atoms with Crippen LogP contribution in [-0.2, 0) is 4.79 Å². The van der Waals surface area contributed by atoms with E-state index in [1.807, 2.05) is 31.3 Å². The minimum absolute atomic E-state index is 0.286. The fourth-order valence-corrected chi connectivity index (χ4v) is 3.08. The number of hydrogen-bond acceptors (Lipinski definition) is 4. The second kappa shape index (κ2) is 5.98. The van der Waals surface area contributed by atoms with Crippen LogP contribution in [0.5, 0.6) is 0 Å². The summed E-state index contributed by atoms with van der Waals surface area (Å²) in [5.41, 5.74) is 10.7. The van der Waals surface area contributed by atoms with Gasteiger partial charge in [-0.1, -0.05) is 6.58 Å². The number of benzene rings is 1. The minimum Gasteiger partial charge on any atom is -0.398 e. The van der Waals surface area contributed by atoms with Crippen LogP contribution >= 0.6 is 0 Å². The Hall–Kier alpha value is -3.15. The number of carbonyl (C=O) groups is 1. The summed E-state index contributed by atoms with van der Waals surface area (Å²) in [6.45, 7) is 5.94. The number of nitrogens with zero attached hydrogens (tertiary/aromatic N) is 1. The molecule has 132 valence electrons. The second-order valence-electron chi connectivity index (χ2n) is 6.76. The summed E-state index contributed by atoms with van der Waals surface area (Å²) in [6.07, 6.45) is 4.75. The van der Waals surface area contributed by atoms with Gasteiger partial charge in [0, 0.05) is 29.2 Å². The molecule has 4 rings (SSSR count). The van der Waals surface area contributed by atoms with Crippen molar-refractivity contribution in [3.63, 3.8) is 0 Å². The molecular formula is C20H19FN4O. The number of halogens is 1. The monoisotopic (exact) mass is 350 g/mol. The third kappa shape index (κ3) is 2.94. The van der Waals surface area contributed by atoms with Gasteiger partial charge in [-0.15, -0.1) is 0 Å². The lowest BCUT2D eigenvalue weighted by Gasteiger charge is -2.17. The Balaban J connectivity index is 1.71. The molecule has 4 N–H and O–H groups in total. The van der Waals surface area contributed by atoms with E-state index in [0.29, 0.717) is 11.5 Å². The highest BCUT2D eigenvalue weighted by molar-refractivity contribution is 6.00. The van der Waals surface area contributed by atoms with E-state index in [9.17, 15) is 9.18 Å². The van der Waals surface area contributed by atoms with E-state index >= 15 is 0 Å². The van der Waals surface area contributed by atoms with E-state index in [4.69, 9.17) is 5.73 Å². The van der Waals surface area contributed by atoms with Crippen molar-refractivity contribution in [2.75, 3.05) is 11.1 Å². The van der Waals surface area contributed by atoms with Crippen molar-refractivity contribution in [1.82, 2.24) is 10.3 Å². The Morgan fingerprint density at radius 3 is 2.92 bits per heavy atom. The van der Waals surface area contributed by atoms with Crippen LogP contribution in [0.2, 0.25) is 0 Å². The molecule has 0 unspecified atom stereocenters. The van der Waals surface area contributed by atoms with Crippen LogP contribution < -0.4 is 16.4 Å². The molecule has 1 fully saturated rings. The predicted molar refractivity (Wildman–Crippen MR) is 102 cm³/mol. The fraction of sp³-hybridized carbons (Fsp3) is 0.200. The number of nitrogens with one attached hydrogen (secondary N) is 2. The lowest BCUT2D eigenvalue weighted by atomic mass is 9.94. The molecule has 26 heavy (non-hydrogen) atoms. The summed E-state index contributed by atoms with van der Waals surface area (Å²) in [6, 6.07) is 5.67. The molecule has 1 amide bonds. The maximum absolute atomic E-state index is 13.0. The summed E-state index contributed by atoms with van der Waals surface area (Å²) >= 11 is 0. The molecule has 0 saturated heterocycles. The number of alkyl halides is 1. The first-order chi connectivity index (χ1) is 12.4. The van der Waals surface area contributed by atoms with Crippen molar-refractivity contribution >= 4 is 33.8 Å². The molecule has 1 aromatic heterocycles. The average molecular weight is 350 g/mol. The molecule has 0 bridgehead atoms. The largest absolute Gasteiger partial charge is 0.398 e. The molecule has 0 radical (unpaired) electrons. The van der Waals surface area contributed by atoms with E-state index in [2.05, 4.69) is 22.2 Å². The summed E-state index contributed by atoms with van der Waals surface area (Å²) in [5, 5.41) is 7.42. The van der Waals surface area contributed by atoms with Crippen LogP contribution in [0.25, 0.3) is 16.3 Å². The van der Waals surface area contributed by atoms with Crippen LogP contribution in [0.4, 0.5) is 15.9 Å². The number of anilines is 2. The Bertz CT molecular complexity index is 1010. The molecular weight excluding hydrogens is 331 g/mol. The number of fused-ring (bicyclic) bond motifs is 1. The molecule has 2 atom stereocenters. The number of carbonyl (C=O) groups excluding carboxylic acids is 1. The van der Waals surface area contributed by atoms with Gasteiger partial charge in [-0.05, 0) is 59.7 Å². The highest BCUT2D eigenvalue weighted by Crippen LogP contribution is 2.35. The normalized spacial score (nSPS) is 21.7. The predicted octanol–water partition coefficient (Wildman–Crippen LogP) is 3.52. The lowest BCUT2D eigenvalue weighted by Crippen LogP contribution is -2.15. The summed E-state index contributed by atoms with van der Waals surface area (Å²) < 4.78 is 13.0. The van der Waals surface area contributed by atoms with Gasteiger partial charge in [0.2, 0.25) is 5.91 Å². The van der Waals surface area contributed by atoms with Gasteiger partial charge < -0.3 is 16.4 Å². The number of rotatable bonds is 3. The maximum Gasteiger partial charge on any atom is 0.231 e. The van der Waals surface area contributed by atoms with Gasteiger partial charge in [0.25, 0.3) is 0 Å². The quantitative estimate of drug-likeness (QED) is 0.740. The van der Waals surface area contributed by atoms with Crippen molar-refractivity contribution in [3.8, 4) is 0 Å². The van der Waals surface area contributed by atoms with Gasteiger partial charge in [-0.2, -0.15) is 0 Å². The van der Waals surface area contributed by atoms with Crippen LogP contribution in [0.3, 0.4) is 0 Å². The third-order valence-corrected chi connectivity index (χ3v) is 4.70. The number of dihydropyridines is 1. The Labute approximate surface area is 150 Å². The van der Waals surface area contributed by atoms with Crippen molar-refractivity contribution in [2.24, 2.45) is 5.92 Å². The molecule has 1 aliphatic heterocycles. The highest BCUT2D eigenvalue weighted by Gasteiger charge is 2.43. The van der Waals surface area contributed by atoms with Gasteiger partial charge in [0.1, 0.15) is 12.0 Å². The van der Waals surface area contributed by atoms with Gasteiger partial charge >= 0.3 is 0 Å². The van der Waals surface area contributed by atoms with Crippen molar-refractivity contribution < 1.29 is 9.18 Å². The zero-order valence-corrected chi connectivity index (χ0v) is 14.3. The first-order valence-electron chi connectivity index (χ1n) is 8.41. The molecule has 1 aliphatic carbocycles. The molecule has 2 heterocycles. The maximum atomic E-state index is 13.0. The summed E-state index contributed by atoms with van der Waals surface area (Å²) in [4.78, 5) is 16.2. The molecule has 1 aromatic carbocycles. The van der Waals surface area contributed by atoms with Gasteiger partial charge in [-0.25, -0.2) is 9.37 Å². The van der Waals surface area contributed by atoms with Crippen molar-refractivity contribution in [3.05, 3.63) is 60.1 Å². The van der Waals surface area contributed by atoms with Crippen LogP contribution in [-0.4, -0.2) is 17.1 Å². The van der Waals surface area contributed by atoms with Crippen LogP contribution in [0.1, 0.15) is 18.9 Å². The van der Waals surface area contributed by atoms with Gasteiger partial charge in [-0.3, -0.25) is 4.79 Å². The number of nitrogen functional groups attached to an aromatic ring is 1. The van der Waals surface area contributed by atoms with E-state index in [0.717, 1.165) is 33.2 Å².